The van der Waals surface area contributed by atoms with Crippen molar-refractivity contribution in [2.24, 2.45) is 16.8 Å². The molecule has 1 N–H and O–H groups in total. The maximum absolute atomic E-state index is 4.89. The monoisotopic (exact) mass is 538 g/mol. The lowest BCUT2D eigenvalue weighted by atomic mass is 9.77. The molecule has 0 aliphatic heterocycles. The van der Waals surface area contributed by atoms with Crippen molar-refractivity contribution < 1.29 is 0 Å². The van der Waals surface area contributed by atoms with Crippen molar-refractivity contribution in [3.63, 3.8) is 0 Å². The summed E-state index contributed by atoms with van der Waals surface area (Å²) < 4.78 is 0. The molecule has 216 valence electrons. The summed E-state index contributed by atoms with van der Waals surface area (Å²) in [4.78, 5) is 4.89. The molecule has 0 saturated heterocycles. The number of rotatable bonds is 15. The van der Waals surface area contributed by atoms with Gasteiger partial charge in [-0.15, -0.1) is 0 Å². The Labute approximate surface area is 245 Å². The topological polar surface area (TPSA) is 24.4 Å². The van der Waals surface area contributed by atoms with Crippen LogP contribution in [-0.4, -0.2) is 6.21 Å². The molecule has 0 amide bonds. The predicted octanol–water partition coefficient (Wildman–Crippen LogP) is 11.3. The van der Waals surface area contributed by atoms with E-state index in [2.05, 4.69) is 81.6 Å². The second-order valence-corrected chi connectivity index (χ2v) is 12.4. The summed E-state index contributed by atoms with van der Waals surface area (Å²) >= 11 is 0. The minimum absolute atomic E-state index is 0.259. The van der Waals surface area contributed by atoms with Crippen LogP contribution in [-0.2, 0) is 6.42 Å². The Balaban J connectivity index is 1.54. The molecule has 2 saturated carbocycles. The SMILES string of the molecule is CC=N/C(=C\CCC)C(Cc1ccc(NC(=C2CCC2)C(CCC)CCC2CCC2)cc1)c1cccc(C)c1C. The van der Waals surface area contributed by atoms with Crippen molar-refractivity contribution in [3.05, 3.63) is 87.8 Å². The van der Waals surface area contributed by atoms with Gasteiger partial charge < -0.3 is 5.32 Å². The molecule has 2 aromatic rings. The second-order valence-electron chi connectivity index (χ2n) is 12.4. The molecular formula is C38H54N2. The summed E-state index contributed by atoms with van der Waals surface area (Å²) in [5.74, 6) is 1.94. The van der Waals surface area contributed by atoms with Crippen molar-refractivity contribution in [2.75, 3.05) is 5.32 Å². The van der Waals surface area contributed by atoms with Gasteiger partial charge in [0.1, 0.15) is 0 Å². The third-order valence-electron chi connectivity index (χ3n) is 9.50. The number of aliphatic imine (C=N–C) groups is 1. The van der Waals surface area contributed by atoms with Gasteiger partial charge in [-0.2, -0.15) is 0 Å². The molecular weight excluding hydrogens is 484 g/mol. The zero-order valence-electron chi connectivity index (χ0n) is 26.1. The Morgan fingerprint density at radius 1 is 0.975 bits per heavy atom. The molecule has 40 heavy (non-hydrogen) atoms. The van der Waals surface area contributed by atoms with Gasteiger partial charge in [-0.3, -0.25) is 4.99 Å². The van der Waals surface area contributed by atoms with Crippen LogP contribution in [0, 0.1) is 25.7 Å². The summed E-state index contributed by atoms with van der Waals surface area (Å²) in [5, 5.41) is 3.97. The van der Waals surface area contributed by atoms with E-state index in [0.717, 1.165) is 25.2 Å². The quantitative estimate of drug-likeness (QED) is 0.224. The number of nitrogens with zero attached hydrogens (tertiary/aromatic N) is 1. The summed E-state index contributed by atoms with van der Waals surface area (Å²) in [5.41, 5.74) is 11.2. The van der Waals surface area contributed by atoms with E-state index in [4.69, 9.17) is 4.99 Å². The number of nitrogens with one attached hydrogen (secondary N) is 1. The fraction of sp³-hybridized carbons (Fsp3) is 0.553. The van der Waals surface area contributed by atoms with Crippen LogP contribution in [0.2, 0.25) is 0 Å². The average molecular weight is 539 g/mol. The average Bonchev–Trinajstić information content (AvgIpc) is 2.90. The molecule has 4 rings (SSSR count). The number of hydrogen-bond acceptors (Lipinski definition) is 2. The maximum atomic E-state index is 4.89. The molecule has 0 aromatic heterocycles. The van der Waals surface area contributed by atoms with Crippen molar-refractivity contribution >= 4 is 11.9 Å². The molecule has 2 aliphatic rings. The highest BCUT2D eigenvalue weighted by Gasteiger charge is 2.25. The van der Waals surface area contributed by atoms with E-state index in [-0.39, 0.29) is 5.92 Å². The number of hydrogen-bond donors (Lipinski definition) is 1. The standard InChI is InChI=1S/C38H54N2/c1-6-9-20-37(39-8-3)36(35-19-10-14-28(4)29(35)5)27-31-22-25-34(26-23-31)40-38(33-17-12-18-33)32(13-7-2)24-21-30-15-11-16-30/h8,10,14,19-20,22-23,25-26,30,32,36,40H,6-7,9,11-13,15-18,21,24,27H2,1-5H3/b37-20-,39-8?. The fourth-order valence-corrected chi connectivity index (χ4v) is 6.47. The molecule has 2 atom stereocenters. The second kappa shape index (κ2) is 15.4. The Hall–Kier alpha value is -2.61. The molecule has 2 heteroatoms. The van der Waals surface area contributed by atoms with Crippen molar-refractivity contribution in [1.29, 1.82) is 0 Å². The lowest BCUT2D eigenvalue weighted by Gasteiger charge is -2.32. The van der Waals surface area contributed by atoms with E-state index in [0.29, 0.717) is 5.92 Å². The van der Waals surface area contributed by atoms with Gasteiger partial charge in [-0.25, -0.2) is 0 Å². The molecule has 0 spiro atoms. The van der Waals surface area contributed by atoms with Gasteiger partial charge in [0.15, 0.2) is 0 Å². The van der Waals surface area contributed by atoms with E-state index < -0.39 is 0 Å². The summed E-state index contributed by atoms with van der Waals surface area (Å²) in [6.45, 7) is 11.1. The Morgan fingerprint density at radius 2 is 1.75 bits per heavy atom. The predicted molar refractivity (Wildman–Crippen MR) is 175 cm³/mol. The number of anilines is 1. The van der Waals surface area contributed by atoms with E-state index in [1.54, 1.807) is 11.3 Å². The van der Waals surface area contributed by atoms with Gasteiger partial charge in [0, 0.05) is 29.2 Å². The highest BCUT2D eigenvalue weighted by molar-refractivity contribution is 5.57. The van der Waals surface area contributed by atoms with Crippen LogP contribution < -0.4 is 5.32 Å². The van der Waals surface area contributed by atoms with Crippen LogP contribution in [0.25, 0.3) is 0 Å². The smallest absolute Gasteiger partial charge is 0.0437 e. The Morgan fingerprint density at radius 3 is 2.35 bits per heavy atom. The Kier molecular flexibility index (Phi) is 11.7. The van der Waals surface area contributed by atoms with Crippen molar-refractivity contribution in [1.82, 2.24) is 0 Å². The van der Waals surface area contributed by atoms with Crippen LogP contribution in [0.4, 0.5) is 5.69 Å². The van der Waals surface area contributed by atoms with Crippen LogP contribution in [0.15, 0.2) is 70.5 Å². The molecule has 0 heterocycles. The largest absolute Gasteiger partial charge is 0.359 e. The van der Waals surface area contributed by atoms with Gasteiger partial charge in [0.25, 0.3) is 0 Å². The number of benzene rings is 2. The summed E-state index contributed by atoms with van der Waals surface area (Å²) in [7, 11) is 0. The first-order valence-corrected chi connectivity index (χ1v) is 16.4. The van der Waals surface area contributed by atoms with Gasteiger partial charge in [0.05, 0.1) is 0 Å². The summed E-state index contributed by atoms with van der Waals surface area (Å²) in [6.07, 6.45) is 21.1. The lowest BCUT2D eigenvalue weighted by molar-refractivity contribution is 0.273. The van der Waals surface area contributed by atoms with Gasteiger partial charge in [-0.05, 0) is 118 Å². The minimum Gasteiger partial charge on any atom is -0.359 e. The number of aryl methyl sites for hydroxylation is 1. The zero-order chi connectivity index (χ0) is 28.3. The number of allylic oxidation sites excluding steroid dienone is 4. The first-order chi connectivity index (χ1) is 19.5. The molecule has 2 unspecified atom stereocenters. The highest BCUT2D eigenvalue weighted by atomic mass is 14.9. The van der Waals surface area contributed by atoms with Gasteiger partial charge in [0.2, 0.25) is 0 Å². The van der Waals surface area contributed by atoms with Crippen LogP contribution in [0.1, 0.15) is 126 Å². The third kappa shape index (κ3) is 7.99. The zero-order valence-corrected chi connectivity index (χ0v) is 26.1. The van der Waals surface area contributed by atoms with Gasteiger partial charge in [-0.1, -0.05) is 87.9 Å². The number of unbranched alkanes of at least 4 members (excludes halogenated alkanes) is 1. The normalized spacial score (nSPS) is 17.4. The van der Waals surface area contributed by atoms with E-state index in [9.17, 15) is 0 Å². The molecule has 0 radical (unpaired) electrons. The molecule has 2 fully saturated rings. The lowest BCUT2D eigenvalue weighted by Crippen LogP contribution is -2.20. The fourth-order valence-electron chi connectivity index (χ4n) is 6.47. The van der Waals surface area contributed by atoms with Gasteiger partial charge >= 0.3 is 0 Å². The van der Waals surface area contributed by atoms with Crippen molar-refractivity contribution in [2.45, 2.75) is 124 Å². The van der Waals surface area contributed by atoms with E-state index in [1.165, 1.54) is 97.8 Å². The molecule has 2 aliphatic carbocycles. The summed E-state index contributed by atoms with van der Waals surface area (Å²) in [6, 6.07) is 16.1. The van der Waals surface area contributed by atoms with Crippen molar-refractivity contribution in [3.8, 4) is 0 Å². The van der Waals surface area contributed by atoms with Crippen LogP contribution in [0.5, 0.6) is 0 Å². The van der Waals surface area contributed by atoms with Crippen LogP contribution in [0.3, 0.4) is 0 Å². The molecule has 0 bridgehead atoms. The van der Waals surface area contributed by atoms with E-state index in [1.807, 2.05) is 13.1 Å². The first-order valence-electron chi connectivity index (χ1n) is 16.4. The first kappa shape index (κ1) is 30.4. The maximum Gasteiger partial charge on any atom is 0.0437 e. The van der Waals surface area contributed by atoms with E-state index >= 15 is 0 Å². The molecule has 2 nitrogen and oxygen atoms in total. The molecule has 2 aromatic carbocycles. The third-order valence-corrected chi connectivity index (χ3v) is 9.50. The Bertz CT molecular complexity index is 1160. The minimum atomic E-state index is 0.259. The van der Waals surface area contributed by atoms with Crippen LogP contribution >= 0.6 is 0 Å². The highest BCUT2D eigenvalue weighted by Crippen LogP contribution is 2.39.